The van der Waals surface area contributed by atoms with Crippen LogP contribution < -0.4 is 28.5 Å². The first-order valence-corrected chi connectivity index (χ1v) is 10.6. The summed E-state index contributed by atoms with van der Waals surface area (Å²) in [4.78, 5) is 25.5. The number of aromatic nitrogens is 1. The Kier molecular flexibility index (Phi) is 9.28. The van der Waals surface area contributed by atoms with E-state index < -0.39 is 0 Å². The predicted octanol–water partition coefficient (Wildman–Crippen LogP) is 3.12. The van der Waals surface area contributed by atoms with E-state index in [2.05, 4.69) is 31.9 Å². The summed E-state index contributed by atoms with van der Waals surface area (Å²) >= 11 is 19.1. The van der Waals surface area contributed by atoms with Crippen molar-refractivity contribution in [2.45, 2.75) is 13.0 Å². The standard InChI is InChI=1S/C21H14Br2Cl2NO2.HI/c22-13-4-6-18(24)16(9-13)20(27)11-15-3-1-2-8-26(15)12-21(28)17-10-14(23)5-7-19(17)25;/h1-10H,11-12H2;1H/q+1;/p-1. The van der Waals surface area contributed by atoms with Crippen molar-refractivity contribution in [2.24, 2.45) is 0 Å². The van der Waals surface area contributed by atoms with Crippen molar-refractivity contribution in [2.75, 3.05) is 0 Å². The number of carbonyl (C=O) groups excluding carboxylic acids is 2. The van der Waals surface area contributed by atoms with Crippen LogP contribution in [0.25, 0.3) is 0 Å². The summed E-state index contributed by atoms with van der Waals surface area (Å²) in [6.07, 6.45) is 1.89. The maximum atomic E-state index is 12.8. The van der Waals surface area contributed by atoms with Crippen molar-refractivity contribution >= 4 is 66.6 Å². The minimum absolute atomic E-state index is 0. The van der Waals surface area contributed by atoms with Crippen LogP contribution in [-0.2, 0) is 13.0 Å². The molecule has 0 amide bonds. The van der Waals surface area contributed by atoms with Gasteiger partial charge in [0, 0.05) is 32.2 Å². The molecule has 0 aliphatic rings. The molecule has 3 aromatic rings. The molecular weight excluding hydrogens is 656 g/mol. The van der Waals surface area contributed by atoms with Gasteiger partial charge in [-0.1, -0.05) is 61.1 Å². The molecule has 2 aromatic carbocycles. The van der Waals surface area contributed by atoms with Crippen molar-refractivity contribution in [3.63, 3.8) is 0 Å². The minimum Gasteiger partial charge on any atom is -1.00 e. The van der Waals surface area contributed by atoms with Gasteiger partial charge in [0.25, 0.3) is 0 Å². The molecule has 8 heteroatoms. The lowest BCUT2D eigenvalue weighted by atomic mass is 10.1. The fourth-order valence-electron chi connectivity index (χ4n) is 2.75. The Morgan fingerprint density at radius 2 is 1.38 bits per heavy atom. The summed E-state index contributed by atoms with van der Waals surface area (Å²) < 4.78 is 3.31. The van der Waals surface area contributed by atoms with Gasteiger partial charge >= 0.3 is 0 Å². The van der Waals surface area contributed by atoms with Crippen LogP contribution in [0.4, 0.5) is 0 Å². The number of carbonyl (C=O) groups is 2. The molecule has 0 aliphatic heterocycles. The molecule has 0 saturated carbocycles. The quantitative estimate of drug-likeness (QED) is 0.230. The molecule has 0 bridgehead atoms. The fourth-order valence-corrected chi connectivity index (χ4v) is 3.92. The summed E-state index contributed by atoms with van der Waals surface area (Å²) in [7, 11) is 0. The Labute approximate surface area is 212 Å². The van der Waals surface area contributed by atoms with Crippen LogP contribution in [0.3, 0.4) is 0 Å². The number of pyridine rings is 1. The van der Waals surface area contributed by atoms with Gasteiger partial charge in [-0.15, -0.1) is 0 Å². The lowest BCUT2D eigenvalue weighted by molar-refractivity contribution is -0.690. The summed E-state index contributed by atoms with van der Waals surface area (Å²) in [5.41, 5.74) is 1.58. The number of Topliss-reactive ketones (excluding diaryl/α,β-unsaturated/α-hetero) is 2. The van der Waals surface area contributed by atoms with Crippen LogP contribution in [0.15, 0.2) is 69.7 Å². The van der Waals surface area contributed by atoms with Gasteiger partial charge in [-0.05, 0) is 36.4 Å². The zero-order valence-corrected chi connectivity index (χ0v) is 21.7. The van der Waals surface area contributed by atoms with Gasteiger partial charge < -0.3 is 24.0 Å². The number of benzene rings is 2. The Morgan fingerprint density at radius 3 is 1.97 bits per heavy atom. The third-order valence-electron chi connectivity index (χ3n) is 4.15. The molecule has 0 aliphatic carbocycles. The van der Waals surface area contributed by atoms with E-state index in [0.29, 0.717) is 26.9 Å². The SMILES string of the molecule is O=C(Cc1cccc[n+]1CC(=O)c1cc(Br)ccc1Cl)c1cc(Br)ccc1Cl.[I-]. The average Bonchev–Trinajstić information content (AvgIpc) is 2.67. The number of hydrogen-bond acceptors (Lipinski definition) is 2. The molecule has 0 saturated heterocycles. The molecular formula is C21H14Br2Cl2INO2. The van der Waals surface area contributed by atoms with Gasteiger partial charge in [0.2, 0.25) is 12.3 Å². The second-order valence-electron chi connectivity index (χ2n) is 6.09. The van der Waals surface area contributed by atoms with E-state index in [4.69, 9.17) is 23.2 Å². The number of halogens is 5. The topological polar surface area (TPSA) is 38.0 Å². The Hall–Kier alpha value is -0.800. The molecule has 0 unspecified atom stereocenters. The lowest BCUT2D eigenvalue weighted by Crippen LogP contribution is -3.00. The monoisotopic (exact) mass is 667 g/mol. The van der Waals surface area contributed by atoms with E-state index >= 15 is 0 Å². The van der Waals surface area contributed by atoms with Gasteiger partial charge in [-0.3, -0.25) is 9.59 Å². The third-order valence-corrected chi connectivity index (χ3v) is 5.79. The third kappa shape index (κ3) is 6.34. The summed E-state index contributed by atoms with van der Waals surface area (Å²) in [5, 5.41) is 0.788. The Balaban J connectivity index is 0.00000300. The first-order chi connectivity index (χ1) is 13.3. The fraction of sp³-hybridized carbons (Fsp3) is 0.0952. The highest BCUT2D eigenvalue weighted by atomic mass is 127. The number of nitrogens with zero attached hydrogens (tertiary/aromatic N) is 1. The maximum absolute atomic E-state index is 12.8. The normalized spacial score (nSPS) is 10.3. The van der Waals surface area contributed by atoms with Gasteiger partial charge in [0.15, 0.2) is 17.7 Å². The molecule has 3 nitrogen and oxygen atoms in total. The number of hydrogen-bond donors (Lipinski definition) is 0. The van der Waals surface area contributed by atoms with Crippen LogP contribution in [0.5, 0.6) is 0 Å². The van der Waals surface area contributed by atoms with Crippen LogP contribution in [0.2, 0.25) is 10.0 Å². The second-order valence-corrected chi connectivity index (χ2v) is 8.74. The lowest BCUT2D eigenvalue weighted by Gasteiger charge is -2.07. The summed E-state index contributed by atoms with van der Waals surface area (Å²) in [6.45, 7) is 0.0752. The predicted molar refractivity (Wildman–Crippen MR) is 117 cm³/mol. The van der Waals surface area contributed by atoms with Gasteiger partial charge in [0.1, 0.15) is 0 Å². The molecule has 0 atom stereocenters. The largest absolute Gasteiger partial charge is 1.00 e. The van der Waals surface area contributed by atoms with Gasteiger partial charge in [-0.2, -0.15) is 4.57 Å². The van der Waals surface area contributed by atoms with Gasteiger partial charge in [0.05, 0.1) is 16.5 Å². The smallest absolute Gasteiger partial charge is 0.229 e. The van der Waals surface area contributed by atoms with Crippen molar-refractivity contribution in [1.29, 1.82) is 0 Å². The molecule has 0 radical (unpaired) electrons. The zero-order valence-electron chi connectivity index (χ0n) is 14.8. The molecule has 0 N–H and O–H groups in total. The highest BCUT2D eigenvalue weighted by Crippen LogP contribution is 2.23. The minimum atomic E-state index is -0.142. The van der Waals surface area contributed by atoms with Crippen LogP contribution in [-0.4, -0.2) is 11.6 Å². The summed E-state index contributed by atoms with van der Waals surface area (Å²) in [6, 6.07) is 15.8. The van der Waals surface area contributed by atoms with E-state index in [1.807, 2.05) is 18.2 Å². The van der Waals surface area contributed by atoms with Crippen molar-refractivity contribution in [3.8, 4) is 0 Å². The van der Waals surface area contributed by atoms with Crippen molar-refractivity contribution in [1.82, 2.24) is 0 Å². The molecule has 3 rings (SSSR count). The highest BCUT2D eigenvalue weighted by molar-refractivity contribution is 9.10. The van der Waals surface area contributed by atoms with Gasteiger partial charge in [-0.25, -0.2) is 0 Å². The zero-order chi connectivity index (χ0) is 20.3. The molecule has 150 valence electrons. The Bertz CT molecular complexity index is 992. The number of rotatable bonds is 6. The first kappa shape index (κ1) is 24.5. The Morgan fingerprint density at radius 1 is 0.828 bits per heavy atom. The molecule has 1 aromatic heterocycles. The van der Waals surface area contributed by atoms with Crippen LogP contribution >= 0.6 is 55.1 Å². The van der Waals surface area contributed by atoms with E-state index in [-0.39, 0.29) is 48.5 Å². The second kappa shape index (κ2) is 11.0. The first-order valence-electron chi connectivity index (χ1n) is 8.29. The molecule has 1 heterocycles. The van der Waals surface area contributed by atoms with Crippen LogP contribution in [0, 0.1) is 0 Å². The van der Waals surface area contributed by atoms with Crippen molar-refractivity contribution in [3.05, 3.63) is 96.6 Å². The molecule has 29 heavy (non-hydrogen) atoms. The van der Waals surface area contributed by atoms with Crippen molar-refractivity contribution < 1.29 is 38.1 Å². The van der Waals surface area contributed by atoms with E-state index in [9.17, 15) is 9.59 Å². The number of ketones is 2. The summed E-state index contributed by atoms with van der Waals surface area (Å²) in [5.74, 6) is -0.268. The van der Waals surface area contributed by atoms with E-state index in [1.54, 1.807) is 47.2 Å². The molecule has 0 fully saturated rings. The maximum Gasteiger partial charge on any atom is 0.229 e. The highest BCUT2D eigenvalue weighted by Gasteiger charge is 2.22. The van der Waals surface area contributed by atoms with E-state index in [0.717, 1.165) is 8.95 Å². The molecule has 0 spiro atoms. The van der Waals surface area contributed by atoms with Crippen LogP contribution in [0.1, 0.15) is 26.4 Å². The van der Waals surface area contributed by atoms with E-state index in [1.165, 1.54) is 0 Å². The average molecular weight is 670 g/mol.